The van der Waals surface area contributed by atoms with Crippen LogP contribution >= 0.6 is 11.3 Å². The predicted octanol–water partition coefficient (Wildman–Crippen LogP) is 3.57. The molecule has 120 valence electrons. The Bertz CT molecular complexity index is 1090. The standard InChI is InChI=1S/C17H12N2O4S/c1-9-10(4-6-22-9)12(20)7-14-18-16(21)15-11(8-24-17(15)19-14)13-3-2-5-23-13/h2-6,8H,7H2,1H3,(H,18,19,21). The number of hydrogen-bond acceptors (Lipinski definition) is 6. The van der Waals surface area contributed by atoms with Crippen molar-refractivity contribution in [2.24, 2.45) is 0 Å². The molecule has 4 aromatic heterocycles. The Morgan fingerprint density at radius 2 is 2.17 bits per heavy atom. The molecule has 0 bridgehead atoms. The fraction of sp³-hybridized carbons (Fsp3) is 0.118. The van der Waals surface area contributed by atoms with Crippen molar-refractivity contribution in [1.82, 2.24) is 9.97 Å². The quantitative estimate of drug-likeness (QED) is 0.574. The van der Waals surface area contributed by atoms with Gasteiger partial charge in [0, 0.05) is 10.9 Å². The lowest BCUT2D eigenvalue weighted by molar-refractivity contribution is 0.0989. The van der Waals surface area contributed by atoms with E-state index in [0.29, 0.717) is 38.7 Å². The first-order chi connectivity index (χ1) is 11.6. The van der Waals surface area contributed by atoms with Gasteiger partial charge >= 0.3 is 0 Å². The number of H-pyrrole nitrogens is 1. The Morgan fingerprint density at radius 3 is 2.88 bits per heavy atom. The van der Waals surface area contributed by atoms with Gasteiger partial charge in [-0.15, -0.1) is 11.3 Å². The lowest BCUT2D eigenvalue weighted by Gasteiger charge is -2.01. The minimum atomic E-state index is -0.278. The van der Waals surface area contributed by atoms with Crippen LogP contribution in [-0.4, -0.2) is 15.8 Å². The molecule has 0 aliphatic heterocycles. The number of aromatic amines is 1. The van der Waals surface area contributed by atoms with E-state index in [9.17, 15) is 9.59 Å². The van der Waals surface area contributed by atoms with Crippen LogP contribution in [0.25, 0.3) is 21.5 Å². The third-order valence-corrected chi connectivity index (χ3v) is 4.64. The maximum atomic E-state index is 12.5. The molecule has 1 N–H and O–H groups in total. The van der Waals surface area contributed by atoms with E-state index in [1.54, 1.807) is 31.4 Å². The second-order valence-corrected chi connectivity index (χ2v) is 6.17. The average Bonchev–Trinajstić information content (AvgIpc) is 3.25. The van der Waals surface area contributed by atoms with Crippen LogP contribution in [0.1, 0.15) is 21.9 Å². The van der Waals surface area contributed by atoms with E-state index in [2.05, 4.69) is 9.97 Å². The molecule has 0 amide bonds. The van der Waals surface area contributed by atoms with Crippen LogP contribution in [0.2, 0.25) is 0 Å². The molecule has 0 saturated heterocycles. The maximum Gasteiger partial charge on any atom is 0.260 e. The first-order valence-electron chi connectivity index (χ1n) is 7.25. The molecule has 0 radical (unpaired) electrons. The van der Waals surface area contributed by atoms with Gasteiger partial charge in [0.25, 0.3) is 5.56 Å². The first-order valence-corrected chi connectivity index (χ1v) is 8.13. The van der Waals surface area contributed by atoms with E-state index >= 15 is 0 Å². The van der Waals surface area contributed by atoms with E-state index in [1.165, 1.54) is 17.6 Å². The second kappa shape index (κ2) is 5.61. The van der Waals surface area contributed by atoms with Crippen LogP contribution in [0.3, 0.4) is 0 Å². The van der Waals surface area contributed by atoms with Crippen LogP contribution in [0.15, 0.2) is 49.7 Å². The summed E-state index contributed by atoms with van der Waals surface area (Å²) in [5.74, 6) is 1.36. The van der Waals surface area contributed by atoms with Gasteiger partial charge in [-0.3, -0.25) is 9.59 Å². The molecule has 0 aromatic carbocycles. The Hall–Kier alpha value is -2.93. The number of aromatic nitrogens is 2. The smallest absolute Gasteiger partial charge is 0.260 e. The number of furan rings is 2. The third kappa shape index (κ3) is 2.39. The number of carbonyl (C=O) groups excluding carboxylic acids is 1. The maximum absolute atomic E-state index is 12.5. The number of nitrogens with one attached hydrogen (secondary N) is 1. The van der Waals surface area contributed by atoms with Gasteiger partial charge in [-0.05, 0) is 25.1 Å². The highest BCUT2D eigenvalue weighted by atomic mass is 32.1. The van der Waals surface area contributed by atoms with Crippen LogP contribution in [0.5, 0.6) is 0 Å². The molecule has 0 atom stereocenters. The van der Waals surface area contributed by atoms with Crippen molar-refractivity contribution in [3.05, 3.63) is 63.6 Å². The van der Waals surface area contributed by atoms with E-state index in [0.717, 1.165) is 0 Å². The van der Waals surface area contributed by atoms with Crippen LogP contribution < -0.4 is 5.56 Å². The summed E-state index contributed by atoms with van der Waals surface area (Å²) in [6.45, 7) is 1.72. The van der Waals surface area contributed by atoms with Gasteiger partial charge in [0.1, 0.15) is 22.2 Å². The molecule has 0 spiro atoms. The zero-order valence-electron chi connectivity index (χ0n) is 12.7. The summed E-state index contributed by atoms with van der Waals surface area (Å²) in [4.78, 5) is 32.4. The van der Waals surface area contributed by atoms with Gasteiger partial charge in [0.2, 0.25) is 0 Å². The fourth-order valence-corrected chi connectivity index (χ4v) is 3.56. The van der Waals surface area contributed by atoms with Crippen molar-refractivity contribution in [3.8, 4) is 11.3 Å². The number of aryl methyl sites for hydroxylation is 1. The Morgan fingerprint density at radius 1 is 1.29 bits per heavy atom. The molecule has 0 fully saturated rings. The minimum Gasteiger partial charge on any atom is -0.469 e. The molecule has 0 aliphatic rings. The summed E-state index contributed by atoms with van der Waals surface area (Å²) in [6, 6.07) is 5.18. The van der Waals surface area contributed by atoms with E-state index in [1.807, 2.05) is 5.38 Å². The normalized spacial score (nSPS) is 11.2. The highest BCUT2D eigenvalue weighted by Gasteiger charge is 2.17. The van der Waals surface area contributed by atoms with E-state index < -0.39 is 0 Å². The summed E-state index contributed by atoms with van der Waals surface area (Å²) >= 11 is 1.35. The summed E-state index contributed by atoms with van der Waals surface area (Å²) in [5.41, 5.74) is 0.928. The lowest BCUT2D eigenvalue weighted by Crippen LogP contribution is -2.15. The lowest BCUT2D eigenvalue weighted by atomic mass is 10.1. The number of rotatable bonds is 4. The molecule has 4 rings (SSSR count). The Labute approximate surface area is 139 Å². The number of thiophene rings is 1. The summed E-state index contributed by atoms with van der Waals surface area (Å²) < 4.78 is 10.5. The number of fused-ring (bicyclic) bond motifs is 1. The topological polar surface area (TPSA) is 89.1 Å². The van der Waals surface area contributed by atoms with Gasteiger partial charge in [-0.1, -0.05) is 0 Å². The molecule has 7 heteroatoms. The highest BCUT2D eigenvalue weighted by molar-refractivity contribution is 7.17. The zero-order valence-corrected chi connectivity index (χ0v) is 13.5. The number of hydrogen-bond donors (Lipinski definition) is 1. The molecular formula is C17H12N2O4S. The summed E-state index contributed by atoms with van der Waals surface area (Å²) in [7, 11) is 0. The first kappa shape index (κ1) is 14.6. The molecule has 4 heterocycles. The monoisotopic (exact) mass is 340 g/mol. The number of ketones is 1. The molecule has 0 aliphatic carbocycles. The molecule has 0 saturated carbocycles. The zero-order chi connectivity index (χ0) is 16.7. The summed E-state index contributed by atoms with van der Waals surface area (Å²) in [6.07, 6.45) is 3.04. The van der Waals surface area contributed by atoms with Crippen molar-refractivity contribution in [1.29, 1.82) is 0 Å². The van der Waals surface area contributed by atoms with Gasteiger partial charge in [-0.25, -0.2) is 4.98 Å². The molecule has 24 heavy (non-hydrogen) atoms. The fourth-order valence-electron chi connectivity index (χ4n) is 2.61. The number of carbonyl (C=O) groups is 1. The minimum absolute atomic E-state index is 0.0134. The van der Waals surface area contributed by atoms with Crippen molar-refractivity contribution in [3.63, 3.8) is 0 Å². The van der Waals surface area contributed by atoms with Gasteiger partial charge in [0.05, 0.1) is 29.9 Å². The van der Waals surface area contributed by atoms with Crippen LogP contribution in [0, 0.1) is 6.92 Å². The highest BCUT2D eigenvalue weighted by Crippen LogP contribution is 2.30. The Balaban J connectivity index is 1.73. The van der Waals surface area contributed by atoms with Crippen molar-refractivity contribution in [2.75, 3.05) is 0 Å². The van der Waals surface area contributed by atoms with E-state index in [-0.39, 0.29) is 17.8 Å². The van der Waals surface area contributed by atoms with Crippen molar-refractivity contribution < 1.29 is 13.6 Å². The second-order valence-electron chi connectivity index (χ2n) is 5.31. The largest absolute Gasteiger partial charge is 0.469 e. The predicted molar refractivity (Wildman–Crippen MR) is 89.4 cm³/mol. The SMILES string of the molecule is Cc1occc1C(=O)Cc1nc2scc(-c3ccco3)c2c(=O)[nH]1. The van der Waals surface area contributed by atoms with Crippen LogP contribution in [0.4, 0.5) is 0 Å². The number of nitrogens with zero attached hydrogens (tertiary/aromatic N) is 1. The van der Waals surface area contributed by atoms with E-state index in [4.69, 9.17) is 8.83 Å². The molecule has 0 unspecified atom stereocenters. The van der Waals surface area contributed by atoms with Gasteiger partial charge in [0.15, 0.2) is 5.78 Å². The summed E-state index contributed by atoms with van der Waals surface area (Å²) in [5, 5.41) is 2.31. The van der Waals surface area contributed by atoms with Crippen molar-refractivity contribution in [2.45, 2.75) is 13.3 Å². The van der Waals surface area contributed by atoms with Crippen LogP contribution in [-0.2, 0) is 6.42 Å². The molecule has 4 aromatic rings. The average molecular weight is 340 g/mol. The third-order valence-electron chi connectivity index (χ3n) is 3.77. The van der Waals surface area contributed by atoms with Gasteiger partial charge in [-0.2, -0.15) is 0 Å². The van der Waals surface area contributed by atoms with Gasteiger partial charge < -0.3 is 13.8 Å². The molecule has 6 nitrogen and oxygen atoms in total. The number of Topliss-reactive ketones (excluding diaryl/α,β-unsaturated/α-hetero) is 1. The Kier molecular flexibility index (Phi) is 3.42. The van der Waals surface area contributed by atoms with Crippen molar-refractivity contribution >= 4 is 27.3 Å². The molecular weight excluding hydrogens is 328 g/mol.